The SMILES string of the molecule is O=C(O)[C@H]1C[C@@H](O)CN1C(=O)c1cc(Cl)c[nH]1. The van der Waals surface area contributed by atoms with Gasteiger partial charge in [0, 0.05) is 19.2 Å². The summed E-state index contributed by atoms with van der Waals surface area (Å²) in [5.74, 6) is -1.59. The van der Waals surface area contributed by atoms with Crippen LogP contribution in [-0.2, 0) is 4.79 Å². The summed E-state index contributed by atoms with van der Waals surface area (Å²) in [5.41, 5.74) is 0.218. The highest BCUT2D eigenvalue weighted by Gasteiger charge is 2.39. The Hall–Kier alpha value is -1.53. The number of nitrogens with zero attached hydrogens (tertiary/aromatic N) is 1. The first-order chi connectivity index (χ1) is 7.99. The Bertz CT molecular complexity index is 459. The Morgan fingerprint density at radius 3 is 2.76 bits per heavy atom. The van der Waals surface area contributed by atoms with Gasteiger partial charge in [0.25, 0.3) is 5.91 Å². The molecular weight excluding hydrogens is 248 g/mol. The summed E-state index contributed by atoms with van der Waals surface area (Å²) in [4.78, 5) is 26.7. The van der Waals surface area contributed by atoms with Crippen LogP contribution >= 0.6 is 11.6 Å². The number of aliphatic carboxylic acids is 1. The summed E-state index contributed by atoms with van der Waals surface area (Å²) in [7, 11) is 0. The van der Waals surface area contributed by atoms with Gasteiger partial charge in [-0.3, -0.25) is 4.79 Å². The summed E-state index contributed by atoms with van der Waals surface area (Å²) in [6, 6.07) is 0.438. The lowest BCUT2D eigenvalue weighted by molar-refractivity contribution is -0.141. The Kier molecular flexibility index (Phi) is 3.08. The number of aromatic amines is 1. The number of aromatic nitrogens is 1. The van der Waals surface area contributed by atoms with Crippen molar-refractivity contribution in [2.45, 2.75) is 18.6 Å². The molecule has 1 saturated heterocycles. The second kappa shape index (κ2) is 4.38. The molecular formula is C10H11ClN2O4. The van der Waals surface area contributed by atoms with E-state index in [1.54, 1.807) is 0 Å². The molecule has 1 aliphatic heterocycles. The van der Waals surface area contributed by atoms with E-state index in [1.165, 1.54) is 12.3 Å². The number of nitrogens with one attached hydrogen (secondary N) is 1. The minimum Gasteiger partial charge on any atom is -0.480 e. The van der Waals surface area contributed by atoms with Crippen LogP contribution in [0.25, 0.3) is 0 Å². The van der Waals surface area contributed by atoms with Crippen LogP contribution in [-0.4, -0.2) is 50.7 Å². The molecule has 6 nitrogen and oxygen atoms in total. The summed E-state index contributed by atoms with van der Waals surface area (Å²) in [6.45, 7) is 0.0203. The molecule has 3 N–H and O–H groups in total. The number of carboxylic acid groups (broad SMARTS) is 1. The van der Waals surface area contributed by atoms with E-state index in [9.17, 15) is 14.7 Å². The van der Waals surface area contributed by atoms with Crippen LogP contribution in [0.4, 0.5) is 0 Å². The van der Waals surface area contributed by atoms with Crippen LogP contribution in [0.5, 0.6) is 0 Å². The first kappa shape index (κ1) is 11.9. The van der Waals surface area contributed by atoms with Crippen LogP contribution < -0.4 is 0 Å². The molecule has 1 fully saturated rings. The number of likely N-dealkylation sites (tertiary alicyclic amines) is 1. The number of carboxylic acids is 1. The molecule has 2 atom stereocenters. The number of H-pyrrole nitrogens is 1. The van der Waals surface area contributed by atoms with Gasteiger partial charge in [-0.25, -0.2) is 4.79 Å². The molecule has 1 amide bonds. The summed E-state index contributed by atoms with van der Waals surface area (Å²) < 4.78 is 0. The minimum absolute atomic E-state index is 0.0203. The van der Waals surface area contributed by atoms with Crippen LogP contribution in [0.2, 0.25) is 5.02 Å². The van der Waals surface area contributed by atoms with Crippen molar-refractivity contribution >= 4 is 23.5 Å². The van der Waals surface area contributed by atoms with Gasteiger partial charge in [-0.2, -0.15) is 0 Å². The van der Waals surface area contributed by atoms with Gasteiger partial charge in [-0.1, -0.05) is 11.6 Å². The predicted molar refractivity (Wildman–Crippen MR) is 58.9 cm³/mol. The molecule has 0 bridgehead atoms. The van der Waals surface area contributed by atoms with Gasteiger partial charge in [0.05, 0.1) is 11.1 Å². The molecule has 92 valence electrons. The van der Waals surface area contributed by atoms with Gasteiger partial charge in [-0.05, 0) is 6.07 Å². The van der Waals surface area contributed by atoms with Crippen molar-refractivity contribution in [3.05, 3.63) is 23.0 Å². The van der Waals surface area contributed by atoms with Crippen molar-refractivity contribution in [3.63, 3.8) is 0 Å². The number of carbonyl (C=O) groups excluding carboxylic acids is 1. The molecule has 0 aromatic carbocycles. The van der Waals surface area contributed by atoms with Crippen molar-refractivity contribution in [3.8, 4) is 0 Å². The lowest BCUT2D eigenvalue weighted by Crippen LogP contribution is -2.40. The second-order valence-corrected chi connectivity index (χ2v) is 4.37. The van der Waals surface area contributed by atoms with E-state index in [0.29, 0.717) is 5.02 Å². The van der Waals surface area contributed by atoms with E-state index in [1.807, 2.05) is 0 Å². The molecule has 0 aliphatic carbocycles. The van der Waals surface area contributed by atoms with Gasteiger partial charge in [0.1, 0.15) is 11.7 Å². The average Bonchev–Trinajstić information content (AvgIpc) is 2.83. The highest BCUT2D eigenvalue weighted by molar-refractivity contribution is 6.31. The Morgan fingerprint density at radius 2 is 2.24 bits per heavy atom. The zero-order valence-electron chi connectivity index (χ0n) is 8.76. The molecule has 0 saturated carbocycles. The summed E-state index contributed by atoms with van der Waals surface area (Å²) >= 11 is 5.67. The van der Waals surface area contributed by atoms with Crippen molar-refractivity contribution in [1.29, 1.82) is 0 Å². The molecule has 2 heterocycles. The number of halogens is 1. The molecule has 1 aliphatic rings. The van der Waals surface area contributed by atoms with Gasteiger partial charge >= 0.3 is 5.97 Å². The van der Waals surface area contributed by atoms with E-state index < -0.39 is 24.0 Å². The highest BCUT2D eigenvalue weighted by atomic mass is 35.5. The standard InChI is InChI=1S/C10H11ClN2O4/c11-5-1-7(12-3-5)9(15)13-4-6(14)2-8(13)10(16)17/h1,3,6,8,12,14H,2,4H2,(H,16,17)/t6-,8-/m1/s1. The maximum atomic E-state index is 12.0. The third-order valence-electron chi connectivity index (χ3n) is 2.70. The second-order valence-electron chi connectivity index (χ2n) is 3.93. The first-order valence-corrected chi connectivity index (χ1v) is 5.42. The van der Waals surface area contributed by atoms with E-state index >= 15 is 0 Å². The summed E-state index contributed by atoms with van der Waals surface area (Å²) in [6.07, 6.45) is 0.692. The molecule has 1 aromatic rings. The normalized spacial score (nSPS) is 24.0. The molecule has 0 spiro atoms. The van der Waals surface area contributed by atoms with E-state index in [0.717, 1.165) is 4.90 Å². The molecule has 2 rings (SSSR count). The Labute approximate surface area is 102 Å². The molecule has 17 heavy (non-hydrogen) atoms. The lowest BCUT2D eigenvalue weighted by atomic mass is 10.2. The van der Waals surface area contributed by atoms with Gasteiger partial charge < -0.3 is 20.1 Å². The van der Waals surface area contributed by atoms with Crippen molar-refractivity contribution in [1.82, 2.24) is 9.88 Å². The first-order valence-electron chi connectivity index (χ1n) is 5.05. The van der Waals surface area contributed by atoms with Gasteiger partial charge in [-0.15, -0.1) is 0 Å². The number of hydrogen-bond donors (Lipinski definition) is 3. The smallest absolute Gasteiger partial charge is 0.326 e. The van der Waals surface area contributed by atoms with Gasteiger partial charge in [0.15, 0.2) is 0 Å². The number of aliphatic hydroxyl groups excluding tert-OH is 1. The lowest BCUT2D eigenvalue weighted by Gasteiger charge is -2.20. The van der Waals surface area contributed by atoms with Crippen molar-refractivity contribution < 1.29 is 19.8 Å². The van der Waals surface area contributed by atoms with Crippen LogP contribution in [0.1, 0.15) is 16.9 Å². The van der Waals surface area contributed by atoms with Crippen molar-refractivity contribution in [2.24, 2.45) is 0 Å². The molecule has 0 unspecified atom stereocenters. The number of aliphatic hydroxyl groups is 1. The molecule has 7 heteroatoms. The predicted octanol–water partition coefficient (Wildman–Crippen LogP) is 0.328. The zero-order chi connectivity index (χ0) is 12.6. The monoisotopic (exact) mass is 258 g/mol. The fraction of sp³-hybridized carbons (Fsp3) is 0.400. The summed E-state index contributed by atoms with van der Waals surface area (Å²) in [5, 5.41) is 18.8. The number of carbonyl (C=O) groups is 2. The maximum Gasteiger partial charge on any atom is 0.326 e. The number of β-amino-alcohol motifs (C(OH)–C–C–N with tert-alkyl or cyclic N) is 1. The van der Waals surface area contributed by atoms with E-state index in [4.69, 9.17) is 16.7 Å². The van der Waals surface area contributed by atoms with E-state index in [-0.39, 0.29) is 18.7 Å². The largest absolute Gasteiger partial charge is 0.480 e. The number of amides is 1. The Balaban J connectivity index is 2.21. The minimum atomic E-state index is -1.12. The van der Waals surface area contributed by atoms with Crippen molar-refractivity contribution in [2.75, 3.05) is 6.54 Å². The van der Waals surface area contributed by atoms with E-state index in [2.05, 4.69) is 4.98 Å². The Morgan fingerprint density at radius 1 is 1.53 bits per heavy atom. The van der Waals surface area contributed by atoms with Crippen LogP contribution in [0.15, 0.2) is 12.3 Å². The maximum absolute atomic E-state index is 12.0. The van der Waals surface area contributed by atoms with Crippen LogP contribution in [0.3, 0.4) is 0 Å². The average molecular weight is 259 g/mol. The topological polar surface area (TPSA) is 93.6 Å². The molecule has 0 radical (unpaired) electrons. The zero-order valence-corrected chi connectivity index (χ0v) is 9.52. The highest BCUT2D eigenvalue weighted by Crippen LogP contribution is 2.21. The quantitative estimate of drug-likeness (QED) is 0.713. The third kappa shape index (κ3) is 2.27. The van der Waals surface area contributed by atoms with Gasteiger partial charge in [0.2, 0.25) is 0 Å². The fourth-order valence-electron chi connectivity index (χ4n) is 1.92. The van der Waals surface area contributed by atoms with Crippen LogP contribution in [0, 0.1) is 0 Å². The number of rotatable bonds is 2. The fourth-order valence-corrected chi connectivity index (χ4v) is 2.08. The third-order valence-corrected chi connectivity index (χ3v) is 2.92. The molecule has 1 aromatic heterocycles. The number of hydrogen-bond acceptors (Lipinski definition) is 3.